The molecule has 0 spiro atoms. The van der Waals surface area contributed by atoms with Gasteiger partial charge in [0, 0.05) is 11.2 Å². The van der Waals surface area contributed by atoms with Crippen molar-refractivity contribution in [1.29, 1.82) is 0 Å². The molecule has 108 valence electrons. The number of aromatic nitrogens is 1. The summed E-state index contributed by atoms with van der Waals surface area (Å²) < 4.78 is 32.2. The van der Waals surface area contributed by atoms with Crippen molar-refractivity contribution in [2.75, 3.05) is 12.4 Å². The van der Waals surface area contributed by atoms with Gasteiger partial charge < -0.3 is 15.0 Å². The third kappa shape index (κ3) is 2.54. The van der Waals surface area contributed by atoms with Gasteiger partial charge in [-0.3, -0.25) is 0 Å². The molecule has 1 aromatic heterocycles. The predicted molar refractivity (Wildman–Crippen MR) is 78.5 cm³/mol. The smallest absolute Gasteiger partial charge is 0.185 e. The normalized spacial score (nSPS) is 10.8. The first-order chi connectivity index (χ1) is 10.2. The van der Waals surface area contributed by atoms with Crippen LogP contribution in [0, 0.1) is 11.6 Å². The lowest BCUT2D eigenvalue weighted by molar-refractivity contribution is 0.409. The van der Waals surface area contributed by atoms with Gasteiger partial charge in [0.05, 0.1) is 13.7 Å². The standard InChI is InChI=1S/C16H14F2N2O/c1-21-14-7-6-12(17)15(18)16(14)19-9-11-8-10-4-2-3-5-13(10)20-11/h2-8,19-20H,9H2,1H3. The second-order valence-electron chi connectivity index (χ2n) is 4.67. The molecule has 2 aromatic carbocycles. The Morgan fingerprint density at radius 2 is 1.95 bits per heavy atom. The van der Waals surface area contributed by atoms with Gasteiger partial charge in [0.2, 0.25) is 0 Å². The molecule has 0 saturated carbocycles. The Morgan fingerprint density at radius 3 is 2.71 bits per heavy atom. The second-order valence-corrected chi connectivity index (χ2v) is 4.67. The van der Waals surface area contributed by atoms with E-state index >= 15 is 0 Å². The van der Waals surface area contributed by atoms with Crippen molar-refractivity contribution >= 4 is 16.6 Å². The van der Waals surface area contributed by atoms with Gasteiger partial charge in [0.1, 0.15) is 11.4 Å². The van der Waals surface area contributed by atoms with Crippen molar-refractivity contribution in [3.8, 4) is 5.75 Å². The van der Waals surface area contributed by atoms with Crippen LogP contribution in [0.25, 0.3) is 10.9 Å². The number of methoxy groups -OCH3 is 1. The van der Waals surface area contributed by atoms with Crippen LogP contribution in [-0.2, 0) is 6.54 Å². The van der Waals surface area contributed by atoms with Crippen LogP contribution in [0.5, 0.6) is 5.75 Å². The number of hydrogen-bond donors (Lipinski definition) is 2. The molecule has 3 rings (SSSR count). The van der Waals surface area contributed by atoms with Gasteiger partial charge >= 0.3 is 0 Å². The van der Waals surface area contributed by atoms with E-state index in [1.165, 1.54) is 13.2 Å². The van der Waals surface area contributed by atoms with Gasteiger partial charge in [-0.05, 0) is 29.7 Å². The summed E-state index contributed by atoms with van der Waals surface area (Å²) in [5.74, 6) is -1.58. The fraction of sp³-hybridized carbons (Fsp3) is 0.125. The number of aromatic amines is 1. The molecule has 2 N–H and O–H groups in total. The number of halogens is 2. The number of rotatable bonds is 4. The van der Waals surface area contributed by atoms with Crippen molar-refractivity contribution in [2.24, 2.45) is 0 Å². The molecule has 1 heterocycles. The number of para-hydroxylation sites is 1. The van der Waals surface area contributed by atoms with Crippen LogP contribution in [-0.4, -0.2) is 12.1 Å². The van der Waals surface area contributed by atoms with Crippen LogP contribution in [0.4, 0.5) is 14.5 Å². The minimum atomic E-state index is -0.939. The molecule has 0 aliphatic rings. The van der Waals surface area contributed by atoms with Gasteiger partial charge in [0.25, 0.3) is 0 Å². The molecule has 0 aliphatic heterocycles. The summed E-state index contributed by atoms with van der Waals surface area (Å²) in [5.41, 5.74) is 1.90. The molecule has 0 atom stereocenters. The first kappa shape index (κ1) is 13.4. The largest absolute Gasteiger partial charge is 0.494 e. The molecule has 0 unspecified atom stereocenters. The Bertz CT molecular complexity index is 750. The topological polar surface area (TPSA) is 37.0 Å². The summed E-state index contributed by atoms with van der Waals surface area (Å²) in [6.07, 6.45) is 0. The third-order valence-corrected chi connectivity index (χ3v) is 3.32. The molecule has 0 fully saturated rings. The highest BCUT2D eigenvalue weighted by Crippen LogP contribution is 2.29. The van der Waals surface area contributed by atoms with Crippen LogP contribution < -0.4 is 10.1 Å². The van der Waals surface area contributed by atoms with Crippen molar-refractivity contribution in [3.05, 3.63) is 59.8 Å². The van der Waals surface area contributed by atoms with Gasteiger partial charge in [-0.25, -0.2) is 8.78 Å². The van der Waals surface area contributed by atoms with E-state index in [9.17, 15) is 8.78 Å². The molecule has 0 radical (unpaired) electrons. The Balaban J connectivity index is 1.86. The predicted octanol–water partition coefficient (Wildman–Crippen LogP) is 4.07. The lowest BCUT2D eigenvalue weighted by Crippen LogP contribution is -2.05. The molecule has 5 heteroatoms. The summed E-state index contributed by atoms with van der Waals surface area (Å²) >= 11 is 0. The van der Waals surface area contributed by atoms with E-state index in [0.29, 0.717) is 6.54 Å². The van der Waals surface area contributed by atoms with Crippen LogP contribution in [0.3, 0.4) is 0 Å². The first-order valence-corrected chi connectivity index (χ1v) is 6.51. The average molecular weight is 288 g/mol. The number of anilines is 1. The molecule has 3 nitrogen and oxygen atoms in total. The van der Waals surface area contributed by atoms with Gasteiger partial charge in [-0.2, -0.15) is 0 Å². The maximum absolute atomic E-state index is 13.8. The highest BCUT2D eigenvalue weighted by molar-refractivity contribution is 5.80. The second kappa shape index (κ2) is 5.44. The van der Waals surface area contributed by atoms with E-state index in [0.717, 1.165) is 22.7 Å². The molecule has 0 bridgehead atoms. The number of nitrogens with one attached hydrogen (secondary N) is 2. The maximum Gasteiger partial charge on any atom is 0.185 e. The Kier molecular flexibility index (Phi) is 3.48. The molecule has 0 saturated heterocycles. The van der Waals surface area contributed by atoms with E-state index in [1.807, 2.05) is 30.3 Å². The number of fused-ring (bicyclic) bond motifs is 1. The summed E-state index contributed by atoms with van der Waals surface area (Å²) in [4.78, 5) is 3.22. The van der Waals surface area contributed by atoms with E-state index in [-0.39, 0.29) is 11.4 Å². The van der Waals surface area contributed by atoms with E-state index < -0.39 is 11.6 Å². The van der Waals surface area contributed by atoms with Gasteiger partial charge in [0.15, 0.2) is 11.6 Å². The number of hydrogen-bond acceptors (Lipinski definition) is 2. The average Bonchev–Trinajstić information content (AvgIpc) is 2.91. The van der Waals surface area contributed by atoms with Crippen molar-refractivity contribution < 1.29 is 13.5 Å². The third-order valence-electron chi connectivity index (χ3n) is 3.32. The van der Waals surface area contributed by atoms with Crippen molar-refractivity contribution in [1.82, 2.24) is 4.98 Å². The van der Waals surface area contributed by atoms with Crippen LogP contribution >= 0.6 is 0 Å². The number of H-pyrrole nitrogens is 1. The van der Waals surface area contributed by atoms with E-state index in [1.54, 1.807) is 0 Å². The van der Waals surface area contributed by atoms with E-state index in [4.69, 9.17) is 4.74 Å². The van der Waals surface area contributed by atoms with Crippen molar-refractivity contribution in [2.45, 2.75) is 6.54 Å². The molecular weight excluding hydrogens is 274 g/mol. The summed E-state index contributed by atoms with van der Waals surface area (Å²) in [6, 6.07) is 12.2. The van der Waals surface area contributed by atoms with Crippen LogP contribution in [0.15, 0.2) is 42.5 Å². The first-order valence-electron chi connectivity index (χ1n) is 6.51. The highest BCUT2D eigenvalue weighted by atomic mass is 19.2. The van der Waals surface area contributed by atoms with Gasteiger partial charge in [-0.1, -0.05) is 18.2 Å². The zero-order valence-corrected chi connectivity index (χ0v) is 11.4. The lowest BCUT2D eigenvalue weighted by Gasteiger charge is -2.11. The fourth-order valence-corrected chi connectivity index (χ4v) is 2.28. The minimum Gasteiger partial charge on any atom is -0.494 e. The lowest BCUT2D eigenvalue weighted by atomic mass is 10.2. The molecule has 0 amide bonds. The zero-order chi connectivity index (χ0) is 14.8. The molecule has 3 aromatic rings. The zero-order valence-electron chi connectivity index (χ0n) is 11.4. The highest BCUT2D eigenvalue weighted by Gasteiger charge is 2.14. The van der Waals surface area contributed by atoms with Crippen molar-refractivity contribution in [3.63, 3.8) is 0 Å². The monoisotopic (exact) mass is 288 g/mol. The number of ether oxygens (including phenoxy) is 1. The SMILES string of the molecule is COc1ccc(F)c(F)c1NCc1cc2ccccc2[nH]1. The Labute approximate surface area is 120 Å². The molecule has 0 aliphatic carbocycles. The maximum atomic E-state index is 13.8. The molecule has 21 heavy (non-hydrogen) atoms. The summed E-state index contributed by atoms with van der Waals surface area (Å²) in [7, 11) is 1.42. The van der Waals surface area contributed by atoms with Gasteiger partial charge in [-0.15, -0.1) is 0 Å². The molecular formula is C16H14F2N2O. The Hall–Kier alpha value is -2.56. The Morgan fingerprint density at radius 1 is 1.14 bits per heavy atom. The number of benzene rings is 2. The van der Waals surface area contributed by atoms with Crippen LogP contribution in [0.1, 0.15) is 5.69 Å². The quantitative estimate of drug-likeness (QED) is 0.759. The fourth-order valence-electron chi connectivity index (χ4n) is 2.28. The summed E-state index contributed by atoms with van der Waals surface area (Å²) in [5, 5.41) is 3.95. The summed E-state index contributed by atoms with van der Waals surface area (Å²) in [6.45, 7) is 0.339. The minimum absolute atomic E-state index is 0.0242. The van der Waals surface area contributed by atoms with E-state index in [2.05, 4.69) is 10.3 Å². The van der Waals surface area contributed by atoms with Crippen LogP contribution in [0.2, 0.25) is 0 Å².